The molecule has 2 amide bonds. The summed E-state index contributed by atoms with van der Waals surface area (Å²) in [6.07, 6.45) is 0.997. The fraction of sp³-hybridized carbons (Fsp3) is 0.320. The lowest BCUT2D eigenvalue weighted by Gasteiger charge is -2.14. The van der Waals surface area contributed by atoms with Crippen LogP contribution < -0.4 is 10.6 Å². The molecule has 0 bridgehead atoms. The Morgan fingerprint density at radius 3 is 2.40 bits per heavy atom. The molecule has 1 heterocycles. The van der Waals surface area contributed by atoms with Crippen LogP contribution in [0, 0.1) is 11.3 Å². The average molecular weight is 473 g/mol. The topological polar surface area (TPSA) is 146 Å². The molecular formula is C25H23N5O5. The molecule has 4 N–H and O–H groups in total. The van der Waals surface area contributed by atoms with Crippen molar-refractivity contribution in [2.24, 2.45) is 11.3 Å². The van der Waals surface area contributed by atoms with Crippen LogP contribution in [0.4, 0.5) is 10.7 Å². The van der Waals surface area contributed by atoms with E-state index in [0.29, 0.717) is 19.3 Å². The molecule has 2 aromatic carbocycles. The molecule has 3 aliphatic rings. The van der Waals surface area contributed by atoms with Gasteiger partial charge in [0.2, 0.25) is 5.82 Å². The number of rotatable bonds is 6. The normalized spacial score (nSPS) is 23.7. The predicted octanol–water partition coefficient (Wildman–Crippen LogP) is 3.15. The van der Waals surface area contributed by atoms with Crippen LogP contribution in [0.15, 0.2) is 48.5 Å². The summed E-state index contributed by atoms with van der Waals surface area (Å²) in [5.74, 6) is -1.40. The molecule has 6 rings (SSSR count). The third kappa shape index (κ3) is 3.61. The van der Waals surface area contributed by atoms with E-state index in [9.17, 15) is 19.5 Å². The zero-order valence-corrected chi connectivity index (χ0v) is 18.7. The Kier molecular flexibility index (Phi) is 4.84. The lowest BCUT2D eigenvalue weighted by Crippen LogP contribution is -2.35. The van der Waals surface area contributed by atoms with Gasteiger partial charge in [-0.15, -0.1) is 5.10 Å². The molecule has 178 valence electrons. The second-order valence-corrected chi connectivity index (χ2v) is 9.43. The number of carbonyl (C=O) groups excluding carboxylic acids is 2. The van der Waals surface area contributed by atoms with Gasteiger partial charge in [-0.1, -0.05) is 48.5 Å². The number of amides is 2. The van der Waals surface area contributed by atoms with Crippen LogP contribution in [0.5, 0.6) is 0 Å². The van der Waals surface area contributed by atoms with Gasteiger partial charge in [0.15, 0.2) is 0 Å². The van der Waals surface area contributed by atoms with E-state index in [4.69, 9.17) is 4.74 Å². The number of benzene rings is 2. The monoisotopic (exact) mass is 473 g/mol. The maximum atomic E-state index is 12.5. The number of ether oxygens (including phenoxy) is 1. The Labute approximate surface area is 200 Å². The summed E-state index contributed by atoms with van der Waals surface area (Å²) in [5.41, 5.74) is 3.79. The van der Waals surface area contributed by atoms with Crippen LogP contribution in [0.1, 0.15) is 46.9 Å². The smallest absolute Gasteiger partial charge is 0.414 e. The SMILES string of the molecule is O=C(Nc1n[nH]c(C(=O)NC2CC3CC3(C(=O)O)C2)n1)OCC1c2ccccc2-c2ccccc21. The van der Waals surface area contributed by atoms with Crippen molar-refractivity contribution in [1.82, 2.24) is 20.5 Å². The zero-order chi connectivity index (χ0) is 24.2. The number of anilines is 1. The van der Waals surface area contributed by atoms with E-state index < -0.39 is 23.4 Å². The molecule has 0 radical (unpaired) electrons. The Balaban J connectivity index is 1.05. The van der Waals surface area contributed by atoms with Crippen LogP contribution in [-0.4, -0.2) is 50.9 Å². The second kappa shape index (κ2) is 7.93. The summed E-state index contributed by atoms with van der Waals surface area (Å²) in [6.45, 7) is 0.145. The van der Waals surface area contributed by atoms with Gasteiger partial charge in [-0.2, -0.15) is 4.98 Å². The summed E-state index contributed by atoms with van der Waals surface area (Å²) in [4.78, 5) is 40.4. The van der Waals surface area contributed by atoms with Gasteiger partial charge in [0.1, 0.15) is 6.61 Å². The van der Waals surface area contributed by atoms with Gasteiger partial charge in [-0.3, -0.25) is 20.0 Å². The molecule has 0 spiro atoms. The predicted molar refractivity (Wildman–Crippen MR) is 124 cm³/mol. The van der Waals surface area contributed by atoms with Crippen LogP contribution in [-0.2, 0) is 9.53 Å². The van der Waals surface area contributed by atoms with E-state index in [2.05, 4.69) is 37.9 Å². The molecule has 3 aromatic rings. The molecule has 0 saturated heterocycles. The standard InChI is InChI=1S/C25H23N5O5/c31-21(26-14-9-13-10-25(13,11-14)22(32)33)20-27-23(30-29-20)28-24(34)35-12-19-17-7-3-1-5-15(17)16-6-2-4-8-18(16)19/h1-8,13-14,19H,9-12H2,(H,26,31)(H,32,33)(H2,27,28,29,30,34). The average Bonchev–Trinajstić information content (AvgIpc) is 3.17. The lowest BCUT2D eigenvalue weighted by atomic mass is 9.98. The van der Waals surface area contributed by atoms with Crippen LogP contribution in [0.2, 0.25) is 0 Å². The highest BCUT2D eigenvalue weighted by Crippen LogP contribution is 2.63. The number of aromatic nitrogens is 3. The van der Waals surface area contributed by atoms with Crippen LogP contribution in [0.25, 0.3) is 11.1 Å². The first-order chi connectivity index (χ1) is 16.9. The highest BCUT2D eigenvalue weighted by molar-refractivity contribution is 5.92. The molecule has 10 nitrogen and oxygen atoms in total. The minimum atomic E-state index is -0.798. The minimum Gasteiger partial charge on any atom is -0.481 e. The zero-order valence-electron chi connectivity index (χ0n) is 18.7. The fourth-order valence-electron chi connectivity index (χ4n) is 5.66. The van der Waals surface area contributed by atoms with E-state index in [1.807, 2.05) is 36.4 Å². The summed E-state index contributed by atoms with van der Waals surface area (Å²) in [6, 6.07) is 15.9. The Hall–Kier alpha value is -4.21. The number of carbonyl (C=O) groups is 3. The number of hydrogen-bond acceptors (Lipinski definition) is 6. The molecule has 2 fully saturated rings. The summed E-state index contributed by atoms with van der Waals surface area (Å²) < 4.78 is 5.47. The van der Waals surface area contributed by atoms with E-state index in [-0.39, 0.29) is 36.3 Å². The largest absolute Gasteiger partial charge is 0.481 e. The Bertz CT molecular complexity index is 1310. The number of fused-ring (bicyclic) bond motifs is 4. The van der Waals surface area contributed by atoms with E-state index in [0.717, 1.165) is 22.3 Å². The van der Waals surface area contributed by atoms with Crippen molar-refractivity contribution in [2.75, 3.05) is 11.9 Å². The van der Waals surface area contributed by atoms with E-state index >= 15 is 0 Å². The van der Waals surface area contributed by atoms with Gasteiger partial charge in [0.05, 0.1) is 5.41 Å². The molecular weight excluding hydrogens is 450 g/mol. The highest BCUT2D eigenvalue weighted by Gasteiger charge is 2.65. The fourth-order valence-corrected chi connectivity index (χ4v) is 5.66. The molecule has 0 aliphatic heterocycles. The number of H-pyrrole nitrogens is 1. The number of hydrogen-bond donors (Lipinski definition) is 4. The van der Waals surface area contributed by atoms with Gasteiger partial charge in [0, 0.05) is 12.0 Å². The third-order valence-electron chi connectivity index (χ3n) is 7.43. The lowest BCUT2D eigenvalue weighted by molar-refractivity contribution is -0.143. The van der Waals surface area contributed by atoms with Crippen molar-refractivity contribution < 1.29 is 24.2 Å². The second-order valence-electron chi connectivity index (χ2n) is 9.43. The number of nitrogens with one attached hydrogen (secondary N) is 3. The van der Waals surface area contributed by atoms with Gasteiger partial charge < -0.3 is 15.2 Å². The number of carboxylic acids is 1. The molecule has 1 aromatic heterocycles. The maximum absolute atomic E-state index is 12.5. The molecule has 10 heteroatoms. The van der Waals surface area contributed by atoms with Crippen molar-refractivity contribution in [2.45, 2.75) is 31.2 Å². The van der Waals surface area contributed by atoms with Gasteiger partial charge in [0.25, 0.3) is 11.9 Å². The van der Waals surface area contributed by atoms with E-state index in [1.54, 1.807) is 0 Å². The van der Waals surface area contributed by atoms with Crippen LogP contribution >= 0.6 is 0 Å². The molecule has 3 atom stereocenters. The van der Waals surface area contributed by atoms with Crippen molar-refractivity contribution in [1.29, 1.82) is 0 Å². The van der Waals surface area contributed by atoms with Crippen molar-refractivity contribution in [3.05, 3.63) is 65.5 Å². The number of carboxylic acid groups (broad SMARTS) is 1. The van der Waals surface area contributed by atoms with E-state index in [1.165, 1.54) is 0 Å². The number of aliphatic carboxylic acids is 1. The highest BCUT2D eigenvalue weighted by atomic mass is 16.5. The van der Waals surface area contributed by atoms with Gasteiger partial charge in [-0.25, -0.2) is 4.79 Å². The summed E-state index contributed by atoms with van der Waals surface area (Å²) >= 11 is 0. The quantitative estimate of drug-likeness (QED) is 0.430. The number of aromatic amines is 1. The van der Waals surface area contributed by atoms with Crippen LogP contribution in [0.3, 0.4) is 0 Å². The Morgan fingerprint density at radius 1 is 1.06 bits per heavy atom. The van der Waals surface area contributed by atoms with Gasteiger partial charge in [-0.05, 0) is 47.4 Å². The maximum Gasteiger partial charge on any atom is 0.414 e. The Morgan fingerprint density at radius 2 is 1.74 bits per heavy atom. The first-order valence-electron chi connectivity index (χ1n) is 11.5. The molecule has 35 heavy (non-hydrogen) atoms. The van der Waals surface area contributed by atoms with Crippen molar-refractivity contribution >= 4 is 23.9 Å². The summed E-state index contributed by atoms with van der Waals surface area (Å²) in [5, 5.41) is 21.0. The molecule has 2 saturated carbocycles. The first-order valence-corrected chi connectivity index (χ1v) is 11.5. The van der Waals surface area contributed by atoms with Gasteiger partial charge >= 0.3 is 12.1 Å². The van der Waals surface area contributed by atoms with Crippen molar-refractivity contribution in [3.63, 3.8) is 0 Å². The first kappa shape index (κ1) is 21.3. The molecule has 3 unspecified atom stereocenters. The third-order valence-corrected chi connectivity index (χ3v) is 7.43. The van der Waals surface area contributed by atoms with Crippen molar-refractivity contribution in [3.8, 4) is 11.1 Å². The minimum absolute atomic E-state index is 0.0658. The summed E-state index contributed by atoms with van der Waals surface area (Å²) in [7, 11) is 0. The molecule has 3 aliphatic carbocycles. The number of nitrogens with zero attached hydrogens (tertiary/aromatic N) is 2.